The van der Waals surface area contributed by atoms with Gasteiger partial charge in [-0.15, -0.1) is 13.2 Å². The zero-order chi connectivity index (χ0) is 20.6. The maximum Gasteiger partial charge on any atom is 0.573 e. The molecule has 0 aliphatic carbocycles. The molecule has 0 unspecified atom stereocenters. The monoisotopic (exact) mass is 397 g/mol. The molecule has 1 aromatic carbocycles. The molecule has 0 spiro atoms. The van der Waals surface area contributed by atoms with Crippen molar-refractivity contribution in [1.29, 1.82) is 5.26 Å². The summed E-state index contributed by atoms with van der Waals surface area (Å²) in [6.45, 7) is 1.53. The minimum atomic E-state index is -5.04. The molecule has 28 heavy (non-hydrogen) atoms. The minimum Gasteiger partial charge on any atom is -0.403 e. The van der Waals surface area contributed by atoms with Gasteiger partial charge >= 0.3 is 12.1 Å². The van der Waals surface area contributed by atoms with E-state index < -0.39 is 35.2 Å². The number of aromatic amines is 2. The van der Waals surface area contributed by atoms with Crippen molar-refractivity contribution in [1.82, 2.24) is 19.7 Å². The Morgan fingerprint density at radius 2 is 2.04 bits per heavy atom. The normalized spacial score (nSPS) is 12.7. The minimum absolute atomic E-state index is 0.00234. The van der Waals surface area contributed by atoms with E-state index in [4.69, 9.17) is 5.26 Å². The van der Waals surface area contributed by atoms with Crippen molar-refractivity contribution in [2.45, 2.75) is 25.7 Å². The average molecular weight is 397 g/mol. The Kier molecular flexibility index (Phi) is 4.68. The van der Waals surface area contributed by atoms with Gasteiger partial charge in [-0.05, 0) is 24.6 Å². The van der Waals surface area contributed by atoms with E-state index in [0.717, 1.165) is 12.1 Å². The third-order valence-corrected chi connectivity index (χ3v) is 3.95. The second kappa shape index (κ2) is 6.84. The molecular weight excluding hydrogens is 386 g/mol. The Morgan fingerprint density at radius 1 is 1.32 bits per heavy atom. The molecule has 0 fully saturated rings. The van der Waals surface area contributed by atoms with Gasteiger partial charge in [-0.2, -0.15) is 10.4 Å². The van der Waals surface area contributed by atoms with Gasteiger partial charge < -0.3 is 4.74 Å². The molecule has 0 amide bonds. The van der Waals surface area contributed by atoms with Crippen LogP contribution < -0.4 is 16.0 Å². The number of ether oxygens (including phenoxy) is 1. The lowest BCUT2D eigenvalue weighted by Gasteiger charge is -2.15. The highest BCUT2D eigenvalue weighted by atomic mass is 19.4. The number of benzene rings is 1. The van der Waals surface area contributed by atoms with Gasteiger partial charge in [-0.25, -0.2) is 13.9 Å². The van der Waals surface area contributed by atoms with Crippen LogP contribution >= 0.6 is 0 Å². The second-order valence-corrected chi connectivity index (χ2v) is 5.77. The van der Waals surface area contributed by atoms with Crippen LogP contribution in [0.5, 0.6) is 5.75 Å². The summed E-state index contributed by atoms with van der Waals surface area (Å²) in [5.41, 5.74) is -1.26. The smallest absolute Gasteiger partial charge is 0.403 e. The van der Waals surface area contributed by atoms with Crippen molar-refractivity contribution in [2.24, 2.45) is 0 Å². The number of fused-ring (bicyclic) bond motifs is 1. The molecule has 146 valence electrons. The van der Waals surface area contributed by atoms with Crippen LogP contribution in [0.2, 0.25) is 0 Å². The highest BCUT2D eigenvalue weighted by Crippen LogP contribution is 2.29. The number of halogens is 4. The Morgan fingerprint density at radius 3 is 2.64 bits per heavy atom. The SMILES string of the molecule is C[C@H](c1ccc(OC(F)(F)F)c(F)c1)n1nc(CC#N)c2c(=O)[nH]c(=O)[nH]c21. The molecular formula is C16H11F4N5O3. The Bertz CT molecular complexity index is 1200. The summed E-state index contributed by atoms with van der Waals surface area (Å²) in [4.78, 5) is 28.1. The van der Waals surface area contributed by atoms with E-state index in [1.54, 1.807) is 0 Å². The van der Waals surface area contributed by atoms with Gasteiger partial charge in [0.2, 0.25) is 0 Å². The molecule has 2 N–H and O–H groups in total. The van der Waals surface area contributed by atoms with Gasteiger partial charge in [-0.3, -0.25) is 14.8 Å². The summed E-state index contributed by atoms with van der Waals surface area (Å²) in [5, 5.41) is 13.0. The first-order chi connectivity index (χ1) is 13.1. The molecule has 2 heterocycles. The lowest BCUT2D eigenvalue weighted by atomic mass is 10.1. The van der Waals surface area contributed by atoms with Gasteiger partial charge in [0.15, 0.2) is 11.6 Å². The largest absolute Gasteiger partial charge is 0.573 e. The Labute approximate surface area is 153 Å². The summed E-state index contributed by atoms with van der Waals surface area (Å²) in [6, 6.07) is 3.89. The zero-order valence-electron chi connectivity index (χ0n) is 14.1. The fourth-order valence-electron chi connectivity index (χ4n) is 2.75. The number of hydrogen-bond acceptors (Lipinski definition) is 5. The summed E-state index contributed by atoms with van der Waals surface area (Å²) < 4.78 is 55.6. The number of aromatic nitrogens is 4. The van der Waals surface area contributed by atoms with Crippen molar-refractivity contribution in [3.05, 3.63) is 56.1 Å². The maximum absolute atomic E-state index is 14.0. The molecule has 12 heteroatoms. The molecule has 0 aliphatic heterocycles. The molecule has 0 radical (unpaired) electrons. The molecule has 3 aromatic rings. The number of nitrogens with zero attached hydrogens (tertiary/aromatic N) is 3. The summed E-state index contributed by atoms with van der Waals surface area (Å²) >= 11 is 0. The molecule has 0 bridgehead atoms. The van der Waals surface area contributed by atoms with Gasteiger partial charge in [0.05, 0.1) is 24.2 Å². The first-order valence-electron chi connectivity index (χ1n) is 7.76. The zero-order valence-corrected chi connectivity index (χ0v) is 14.1. The first-order valence-corrected chi connectivity index (χ1v) is 7.76. The van der Waals surface area contributed by atoms with Crippen LogP contribution in [-0.4, -0.2) is 26.1 Å². The van der Waals surface area contributed by atoms with Crippen molar-refractivity contribution in [3.8, 4) is 11.8 Å². The predicted molar refractivity (Wildman–Crippen MR) is 87.2 cm³/mol. The lowest BCUT2D eigenvalue weighted by Crippen LogP contribution is -2.23. The summed E-state index contributed by atoms with van der Waals surface area (Å²) in [5.74, 6) is -2.24. The van der Waals surface area contributed by atoms with E-state index in [9.17, 15) is 27.2 Å². The number of alkyl halides is 3. The third kappa shape index (κ3) is 3.59. The number of nitriles is 1. The molecule has 2 aromatic heterocycles. The molecule has 0 aliphatic rings. The van der Waals surface area contributed by atoms with Crippen molar-refractivity contribution in [3.63, 3.8) is 0 Å². The summed E-state index contributed by atoms with van der Waals surface area (Å²) in [6.07, 6.45) is -5.27. The Balaban J connectivity index is 2.10. The van der Waals surface area contributed by atoms with Crippen molar-refractivity contribution in [2.75, 3.05) is 0 Å². The number of H-pyrrole nitrogens is 2. The number of rotatable bonds is 4. The molecule has 1 atom stereocenters. The van der Waals surface area contributed by atoms with E-state index >= 15 is 0 Å². The second-order valence-electron chi connectivity index (χ2n) is 5.77. The standard InChI is InChI=1S/C16H11F4N5O3/c1-7(8-2-3-11(9(17)6-8)28-16(18,19)20)25-13-12(10(24-25)4-5-21)14(26)23-15(27)22-13/h2-3,6-7H,4H2,1H3,(H2,22,23,26,27)/t7-/m1/s1. The van der Waals surface area contributed by atoms with Crippen LogP contribution in [0, 0.1) is 17.1 Å². The topological polar surface area (TPSA) is 117 Å². The van der Waals surface area contributed by atoms with E-state index in [1.165, 1.54) is 17.7 Å². The van der Waals surface area contributed by atoms with Gasteiger partial charge in [-0.1, -0.05) is 6.07 Å². The highest BCUT2D eigenvalue weighted by molar-refractivity contribution is 5.77. The quantitative estimate of drug-likeness (QED) is 0.654. The van der Waals surface area contributed by atoms with Crippen molar-refractivity contribution < 1.29 is 22.3 Å². The van der Waals surface area contributed by atoms with Gasteiger partial charge in [0, 0.05) is 0 Å². The van der Waals surface area contributed by atoms with Crippen LogP contribution in [0.4, 0.5) is 17.6 Å². The van der Waals surface area contributed by atoms with Crippen LogP contribution in [0.3, 0.4) is 0 Å². The average Bonchev–Trinajstić information content (AvgIpc) is 2.94. The lowest BCUT2D eigenvalue weighted by molar-refractivity contribution is -0.275. The number of hydrogen-bond donors (Lipinski definition) is 2. The maximum atomic E-state index is 14.0. The van der Waals surface area contributed by atoms with E-state index in [2.05, 4.69) is 14.8 Å². The number of nitrogens with one attached hydrogen (secondary N) is 2. The van der Waals surface area contributed by atoms with Crippen LogP contribution in [-0.2, 0) is 6.42 Å². The van der Waals surface area contributed by atoms with E-state index in [-0.39, 0.29) is 28.7 Å². The van der Waals surface area contributed by atoms with Gasteiger partial charge in [0.25, 0.3) is 5.56 Å². The van der Waals surface area contributed by atoms with E-state index in [1.807, 2.05) is 11.1 Å². The molecule has 3 rings (SSSR count). The first kappa shape index (κ1) is 19.2. The van der Waals surface area contributed by atoms with Gasteiger partial charge in [0.1, 0.15) is 11.0 Å². The predicted octanol–water partition coefficient (Wildman–Crippen LogP) is 2.13. The summed E-state index contributed by atoms with van der Waals surface area (Å²) in [7, 11) is 0. The molecule has 0 saturated carbocycles. The van der Waals surface area contributed by atoms with Crippen LogP contribution in [0.15, 0.2) is 27.8 Å². The molecule has 0 saturated heterocycles. The molecule has 8 nitrogen and oxygen atoms in total. The van der Waals surface area contributed by atoms with Crippen molar-refractivity contribution >= 4 is 11.0 Å². The highest BCUT2D eigenvalue weighted by Gasteiger charge is 2.32. The van der Waals surface area contributed by atoms with Crippen LogP contribution in [0.25, 0.3) is 11.0 Å². The Hall–Kier alpha value is -3.62. The van der Waals surface area contributed by atoms with E-state index in [0.29, 0.717) is 0 Å². The fraction of sp³-hybridized carbons (Fsp3) is 0.250. The third-order valence-electron chi connectivity index (χ3n) is 3.95. The fourth-order valence-corrected chi connectivity index (χ4v) is 2.75. The van der Waals surface area contributed by atoms with Crippen LogP contribution in [0.1, 0.15) is 24.2 Å².